The Labute approximate surface area is 145 Å². The molecule has 0 aliphatic heterocycles. The molecule has 26 heavy (non-hydrogen) atoms. The minimum Gasteiger partial charge on any atom is -0.465 e. The number of methoxy groups -OCH3 is 2. The normalized spacial score (nSPS) is 11.8. The van der Waals surface area contributed by atoms with Gasteiger partial charge in [-0.05, 0) is 12.3 Å². The molecule has 1 heterocycles. The zero-order valence-corrected chi connectivity index (χ0v) is 14.1. The van der Waals surface area contributed by atoms with Crippen LogP contribution in [0.3, 0.4) is 0 Å². The lowest BCUT2D eigenvalue weighted by atomic mass is 9.97. The van der Waals surface area contributed by atoms with Crippen LogP contribution in [-0.2, 0) is 15.7 Å². The number of carbonyl (C=O) groups is 2. The summed E-state index contributed by atoms with van der Waals surface area (Å²) in [5, 5.41) is 0. The van der Waals surface area contributed by atoms with Crippen LogP contribution in [0.2, 0.25) is 0 Å². The summed E-state index contributed by atoms with van der Waals surface area (Å²) in [5.74, 6) is -2.86. The van der Waals surface area contributed by atoms with Crippen molar-refractivity contribution in [3.05, 3.63) is 34.3 Å². The Balaban J connectivity index is 4.11. The van der Waals surface area contributed by atoms with Crippen molar-refractivity contribution in [2.45, 2.75) is 12.6 Å². The smallest absolute Gasteiger partial charge is 0.434 e. The Hall–Kier alpha value is -2.72. The van der Waals surface area contributed by atoms with E-state index in [1.807, 2.05) is 0 Å². The van der Waals surface area contributed by atoms with Crippen molar-refractivity contribution < 1.29 is 41.0 Å². The molecule has 1 rings (SSSR count). The molecule has 0 aliphatic carbocycles. The predicted molar refractivity (Wildman–Crippen MR) is 79.6 cm³/mol. The second-order valence-corrected chi connectivity index (χ2v) is 5.07. The number of hydrogen-bond acceptors (Lipinski definition) is 6. The van der Waals surface area contributed by atoms with Crippen LogP contribution in [0.5, 0.6) is 0 Å². The molecular weight excluding hydrogens is 367 g/mol. The number of alkyl halides is 5. The lowest BCUT2D eigenvalue weighted by molar-refractivity contribution is -0.142. The Morgan fingerprint density at radius 1 is 1.08 bits per heavy atom. The highest BCUT2D eigenvalue weighted by Crippen LogP contribution is 2.37. The van der Waals surface area contributed by atoms with Crippen molar-refractivity contribution in [1.82, 2.24) is 9.88 Å². The van der Waals surface area contributed by atoms with E-state index in [2.05, 4.69) is 14.5 Å². The predicted octanol–water partition coefficient (Wildman–Crippen LogP) is 3.14. The lowest BCUT2D eigenvalue weighted by Gasteiger charge is -2.19. The van der Waals surface area contributed by atoms with Gasteiger partial charge in [-0.2, -0.15) is 13.2 Å². The summed E-state index contributed by atoms with van der Waals surface area (Å²) in [4.78, 5) is 28.1. The number of nitrogens with zero attached hydrogens (tertiary/aromatic N) is 2. The van der Waals surface area contributed by atoms with E-state index in [-0.39, 0.29) is 0 Å². The highest BCUT2D eigenvalue weighted by Gasteiger charge is 2.42. The van der Waals surface area contributed by atoms with Crippen molar-refractivity contribution in [2.75, 3.05) is 28.3 Å². The number of esters is 2. The maximum absolute atomic E-state index is 13.3. The van der Waals surface area contributed by atoms with Crippen molar-refractivity contribution in [3.8, 4) is 0 Å². The number of hydrogen-bond donors (Lipinski definition) is 0. The van der Waals surface area contributed by atoms with Gasteiger partial charge in [0.25, 0.3) is 6.43 Å². The van der Waals surface area contributed by atoms with E-state index in [4.69, 9.17) is 0 Å². The lowest BCUT2D eigenvalue weighted by Crippen LogP contribution is -2.23. The molecule has 6 nitrogen and oxygen atoms in total. The number of pyridine rings is 1. The van der Waals surface area contributed by atoms with Crippen molar-refractivity contribution in [3.63, 3.8) is 0 Å². The van der Waals surface area contributed by atoms with Gasteiger partial charge in [0.2, 0.25) is 0 Å². The minimum absolute atomic E-state index is 0.727. The van der Waals surface area contributed by atoms with Gasteiger partial charge in [-0.3, -0.25) is 0 Å². The fourth-order valence-electron chi connectivity index (χ4n) is 2.00. The van der Waals surface area contributed by atoms with Gasteiger partial charge in [-0.1, -0.05) is 0 Å². The van der Waals surface area contributed by atoms with Crippen LogP contribution in [0.1, 0.15) is 44.1 Å². The van der Waals surface area contributed by atoms with E-state index in [1.165, 1.54) is 25.2 Å². The third-order valence-electron chi connectivity index (χ3n) is 3.06. The number of halogens is 5. The van der Waals surface area contributed by atoms with E-state index in [1.54, 1.807) is 0 Å². The van der Waals surface area contributed by atoms with Crippen LogP contribution in [0.15, 0.2) is 6.20 Å². The first kappa shape index (κ1) is 21.3. The SMILES string of the molecule is COC(=O)c1c(C(F)F)nc(C(F)(F)F)c(C(=O)OC)c1/C=C/N(C)C. The van der Waals surface area contributed by atoms with Crippen LogP contribution < -0.4 is 0 Å². The largest absolute Gasteiger partial charge is 0.465 e. The van der Waals surface area contributed by atoms with Gasteiger partial charge in [-0.15, -0.1) is 0 Å². The molecule has 0 saturated carbocycles. The number of rotatable bonds is 5. The second kappa shape index (κ2) is 8.11. The third-order valence-corrected chi connectivity index (χ3v) is 3.06. The second-order valence-electron chi connectivity index (χ2n) is 5.07. The van der Waals surface area contributed by atoms with Gasteiger partial charge in [0.15, 0.2) is 5.69 Å². The molecule has 0 aliphatic rings. The summed E-state index contributed by atoms with van der Waals surface area (Å²) in [7, 11) is 4.64. The van der Waals surface area contributed by atoms with Crippen LogP contribution in [0.25, 0.3) is 6.08 Å². The summed E-state index contributed by atoms with van der Waals surface area (Å²) in [5.41, 5.74) is -6.17. The minimum atomic E-state index is -5.25. The highest BCUT2D eigenvalue weighted by molar-refractivity contribution is 6.02. The van der Waals surface area contributed by atoms with Crippen molar-refractivity contribution in [1.29, 1.82) is 0 Å². The summed E-state index contributed by atoms with van der Waals surface area (Å²) in [6.07, 6.45) is -6.70. The quantitative estimate of drug-likeness (QED) is 0.576. The molecule has 144 valence electrons. The molecule has 1 aromatic heterocycles. The molecule has 0 unspecified atom stereocenters. The zero-order valence-electron chi connectivity index (χ0n) is 14.1. The topological polar surface area (TPSA) is 68.7 Å². The maximum atomic E-state index is 13.3. The number of ether oxygens (including phenoxy) is 2. The standard InChI is InChI=1S/C15H15F5N2O4/c1-22(2)6-5-7-8(13(23)25-3)10(12(16)17)21-11(15(18,19)20)9(7)14(24)26-4/h5-6,12H,1-4H3/b6-5+. The molecule has 0 bridgehead atoms. The molecule has 0 aromatic carbocycles. The van der Waals surface area contributed by atoms with Crippen LogP contribution in [0.4, 0.5) is 22.0 Å². The van der Waals surface area contributed by atoms with E-state index >= 15 is 0 Å². The average Bonchev–Trinajstić information content (AvgIpc) is 2.55. The summed E-state index contributed by atoms with van der Waals surface area (Å²) < 4.78 is 75.2. The van der Waals surface area contributed by atoms with Gasteiger partial charge >= 0.3 is 18.1 Å². The molecule has 0 radical (unpaired) electrons. The number of aromatic nitrogens is 1. The van der Waals surface area contributed by atoms with Crippen LogP contribution in [0, 0.1) is 0 Å². The summed E-state index contributed by atoms with van der Waals surface area (Å²) in [6, 6.07) is 0. The fraction of sp³-hybridized carbons (Fsp3) is 0.400. The molecule has 0 fully saturated rings. The first-order chi connectivity index (χ1) is 11.9. The van der Waals surface area contributed by atoms with E-state index in [0.717, 1.165) is 20.3 Å². The molecule has 0 spiro atoms. The molecule has 0 amide bonds. The van der Waals surface area contributed by atoms with Crippen molar-refractivity contribution >= 4 is 18.0 Å². The average molecular weight is 382 g/mol. The van der Waals surface area contributed by atoms with Crippen LogP contribution in [-0.4, -0.2) is 50.1 Å². The molecule has 0 N–H and O–H groups in total. The van der Waals surface area contributed by atoms with E-state index < -0.39 is 52.6 Å². The Morgan fingerprint density at radius 2 is 1.58 bits per heavy atom. The monoisotopic (exact) mass is 382 g/mol. The van der Waals surface area contributed by atoms with Gasteiger partial charge in [-0.25, -0.2) is 23.4 Å². The Kier molecular flexibility index (Phi) is 6.65. The molecule has 1 aromatic rings. The van der Waals surface area contributed by atoms with Gasteiger partial charge in [0.1, 0.15) is 5.69 Å². The molecular formula is C15H15F5N2O4. The molecule has 0 atom stereocenters. The first-order valence-corrected chi connectivity index (χ1v) is 6.90. The van der Waals surface area contributed by atoms with Crippen LogP contribution >= 0.6 is 0 Å². The van der Waals surface area contributed by atoms with Gasteiger partial charge < -0.3 is 14.4 Å². The number of carbonyl (C=O) groups excluding carboxylic acids is 2. The first-order valence-electron chi connectivity index (χ1n) is 6.90. The maximum Gasteiger partial charge on any atom is 0.434 e. The van der Waals surface area contributed by atoms with E-state index in [9.17, 15) is 31.5 Å². The third kappa shape index (κ3) is 4.46. The van der Waals surface area contributed by atoms with Crippen molar-refractivity contribution in [2.24, 2.45) is 0 Å². The fourth-order valence-corrected chi connectivity index (χ4v) is 2.00. The van der Waals surface area contributed by atoms with E-state index in [0.29, 0.717) is 0 Å². The Bertz CT molecular complexity index is 730. The molecule has 0 saturated heterocycles. The van der Waals surface area contributed by atoms with Gasteiger partial charge in [0, 0.05) is 19.7 Å². The highest BCUT2D eigenvalue weighted by atomic mass is 19.4. The molecule has 11 heteroatoms. The van der Waals surface area contributed by atoms with Gasteiger partial charge in [0.05, 0.1) is 25.3 Å². The Morgan fingerprint density at radius 3 is 1.96 bits per heavy atom. The summed E-state index contributed by atoms with van der Waals surface area (Å²) in [6.45, 7) is 0. The summed E-state index contributed by atoms with van der Waals surface area (Å²) >= 11 is 0. The zero-order chi connectivity index (χ0) is 20.2.